The molecule has 0 spiro atoms. The van der Waals surface area contributed by atoms with E-state index >= 15 is 0 Å². The number of nitrogens with one attached hydrogen (secondary N) is 2. The zero-order chi connectivity index (χ0) is 19.1. The molecule has 0 aromatic heterocycles. The highest BCUT2D eigenvalue weighted by Gasteiger charge is 2.45. The molecule has 0 unspecified atom stereocenters. The third-order valence-electron chi connectivity index (χ3n) is 4.85. The van der Waals surface area contributed by atoms with Crippen LogP contribution in [-0.2, 0) is 14.4 Å². The minimum absolute atomic E-state index is 0.0223. The fourth-order valence-electron chi connectivity index (χ4n) is 3.65. The van der Waals surface area contributed by atoms with E-state index in [1.54, 1.807) is 24.3 Å². The molecule has 0 saturated carbocycles. The van der Waals surface area contributed by atoms with E-state index in [1.165, 1.54) is 6.92 Å². The van der Waals surface area contributed by atoms with Gasteiger partial charge in [0, 0.05) is 29.8 Å². The fraction of sp³-hybridized carbons (Fsp3) is 0.400. The first-order valence-corrected chi connectivity index (χ1v) is 8.63. The third kappa shape index (κ3) is 3.59. The van der Waals surface area contributed by atoms with Gasteiger partial charge in [-0.2, -0.15) is 0 Å². The molecule has 6 heteroatoms. The van der Waals surface area contributed by atoms with Crippen molar-refractivity contribution in [2.75, 3.05) is 5.32 Å². The highest BCUT2D eigenvalue weighted by Crippen LogP contribution is 2.40. The normalized spacial score (nSPS) is 24.2. The number of carbonyl (C=O) groups excluding carboxylic acids is 4. The van der Waals surface area contributed by atoms with E-state index in [4.69, 9.17) is 0 Å². The standard InChI is InChI=1S/C20H22N2O4/c1-11(23)12-4-6-13(7-5-12)21-19(26)14-8-17(25)22-15-9-20(2,3)10-16(24)18(14)15/h4-7,9,14,18H,8,10H2,1-3H3,(H,21,26)(H,22,25)/t14-,18-/m1/s1. The van der Waals surface area contributed by atoms with Crippen LogP contribution in [0.25, 0.3) is 0 Å². The zero-order valence-electron chi connectivity index (χ0n) is 15.1. The van der Waals surface area contributed by atoms with E-state index in [0.717, 1.165) is 0 Å². The second kappa shape index (κ2) is 6.52. The summed E-state index contributed by atoms with van der Waals surface area (Å²) in [6.07, 6.45) is 2.21. The monoisotopic (exact) mass is 354 g/mol. The van der Waals surface area contributed by atoms with Crippen LogP contribution in [0.1, 0.15) is 44.0 Å². The van der Waals surface area contributed by atoms with Crippen LogP contribution < -0.4 is 10.6 Å². The molecule has 1 fully saturated rings. The predicted octanol–water partition coefficient (Wildman–Crippen LogP) is 2.46. The quantitative estimate of drug-likeness (QED) is 0.816. The first-order valence-electron chi connectivity index (χ1n) is 8.63. The Bertz CT molecular complexity index is 821. The van der Waals surface area contributed by atoms with Crippen LogP contribution in [0.3, 0.4) is 0 Å². The van der Waals surface area contributed by atoms with Crippen LogP contribution in [0.2, 0.25) is 0 Å². The number of benzene rings is 1. The first kappa shape index (κ1) is 18.0. The lowest BCUT2D eigenvalue weighted by Crippen LogP contribution is -2.49. The third-order valence-corrected chi connectivity index (χ3v) is 4.85. The van der Waals surface area contributed by atoms with Crippen molar-refractivity contribution >= 4 is 29.1 Å². The summed E-state index contributed by atoms with van der Waals surface area (Å²) in [6, 6.07) is 6.54. The van der Waals surface area contributed by atoms with Crippen molar-refractivity contribution in [3.8, 4) is 0 Å². The maximum absolute atomic E-state index is 12.8. The van der Waals surface area contributed by atoms with Gasteiger partial charge in [-0.3, -0.25) is 19.2 Å². The fourth-order valence-corrected chi connectivity index (χ4v) is 3.65. The van der Waals surface area contributed by atoms with Gasteiger partial charge in [0.1, 0.15) is 5.78 Å². The molecule has 0 radical (unpaired) electrons. The van der Waals surface area contributed by atoms with E-state index in [-0.39, 0.29) is 35.2 Å². The number of hydrogen-bond acceptors (Lipinski definition) is 4. The predicted molar refractivity (Wildman–Crippen MR) is 96.3 cm³/mol. The van der Waals surface area contributed by atoms with Crippen LogP contribution in [0.4, 0.5) is 5.69 Å². The molecular weight excluding hydrogens is 332 g/mol. The number of piperidine rings is 1. The topological polar surface area (TPSA) is 92.3 Å². The number of amides is 2. The Labute approximate surface area is 152 Å². The molecule has 1 heterocycles. The Kier molecular flexibility index (Phi) is 4.52. The molecule has 26 heavy (non-hydrogen) atoms. The van der Waals surface area contributed by atoms with Crippen molar-refractivity contribution < 1.29 is 19.2 Å². The minimum atomic E-state index is -0.730. The van der Waals surface area contributed by atoms with E-state index in [0.29, 0.717) is 23.4 Å². The second-order valence-electron chi connectivity index (χ2n) is 7.69. The number of ketones is 2. The average molecular weight is 354 g/mol. The van der Waals surface area contributed by atoms with Gasteiger partial charge >= 0.3 is 0 Å². The number of anilines is 1. The van der Waals surface area contributed by atoms with E-state index in [2.05, 4.69) is 10.6 Å². The largest absolute Gasteiger partial charge is 0.329 e. The molecule has 2 amide bonds. The number of Topliss-reactive ketones (excluding diaryl/α,β-unsaturated/α-hetero) is 2. The van der Waals surface area contributed by atoms with E-state index in [1.807, 2.05) is 19.9 Å². The molecule has 1 aliphatic heterocycles. The van der Waals surface area contributed by atoms with Crippen LogP contribution in [0, 0.1) is 17.3 Å². The Morgan fingerprint density at radius 3 is 2.42 bits per heavy atom. The van der Waals surface area contributed by atoms with Crippen molar-refractivity contribution in [3.05, 3.63) is 41.6 Å². The molecule has 3 rings (SSSR count). The molecule has 2 atom stereocenters. The van der Waals surface area contributed by atoms with Gasteiger partial charge in [0.05, 0.1) is 11.8 Å². The molecular formula is C20H22N2O4. The van der Waals surface area contributed by atoms with Crippen molar-refractivity contribution in [3.63, 3.8) is 0 Å². The number of allylic oxidation sites excluding steroid dienone is 2. The first-order chi connectivity index (χ1) is 12.2. The number of rotatable bonds is 3. The van der Waals surface area contributed by atoms with Gasteiger partial charge in [-0.25, -0.2) is 0 Å². The Morgan fingerprint density at radius 2 is 1.81 bits per heavy atom. The number of fused-ring (bicyclic) bond motifs is 1. The summed E-state index contributed by atoms with van der Waals surface area (Å²) in [7, 11) is 0. The van der Waals surface area contributed by atoms with Gasteiger partial charge in [-0.15, -0.1) is 0 Å². The summed E-state index contributed by atoms with van der Waals surface area (Å²) in [5.74, 6) is -2.05. The van der Waals surface area contributed by atoms with Crippen LogP contribution in [0.15, 0.2) is 36.0 Å². The summed E-state index contributed by atoms with van der Waals surface area (Å²) < 4.78 is 0. The highest BCUT2D eigenvalue weighted by molar-refractivity contribution is 6.02. The van der Waals surface area contributed by atoms with Gasteiger partial charge in [0.15, 0.2) is 5.78 Å². The SMILES string of the molecule is CC(=O)c1ccc(NC(=O)[C@@H]2CC(=O)NC3=CC(C)(C)CC(=O)[C@@H]32)cc1. The maximum Gasteiger partial charge on any atom is 0.229 e. The van der Waals surface area contributed by atoms with Crippen molar-refractivity contribution in [2.24, 2.45) is 17.3 Å². The molecule has 1 aliphatic carbocycles. The lowest BCUT2D eigenvalue weighted by atomic mass is 9.69. The van der Waals surface area contributed by atoms with Gasteiger partial charge in [-0.1, -0.05) is 19.9 Å². The average Bonchev–Trinajstić information content (AvgIpc) is 2.52. The minimum Gasteiger partial charge on any atom is -0.329 e. The summed E-state index contributed by atoms with van der Waals surface area (Å²) in [5.41, 5.74) is 1.28. The van der Waals surface area contributed by atoms with Gasteiger partial charge in [0.25, 0.3) is 0 Å². The maximum atomic E-state index is 12.8. The van der Waals surface area contributed by atoms with E-state index in [9.17, 15) is 19.2 Å². The molecule has 1 aromatic carbocycles. The molecule has 2 aliphatic rings. The molecule has 1 saturated heterocycles. The van der Waals surface area contributed by atoms with Crippen LogP contribution >= 0.6 is 0 Å². The van der Waals surface area contributed by atoms with E-state index < -0.39 is 11.8 Å². The summed E-state index contributed by atoms with van der Waals surface area (Å²) in [5, 5.41) is 5.52. The van der Waals surface area contributed by atoms with Crippen LogP contribution in [-0.4, -0.2) is 23.4 Å². The molecule has 0 bridgehead atoms. The highest BCUT2D eigenvalue weighted by atomic mass is 16.2. The summed E-state index contributed by atoms with van der Waals surface area (Å²) in [4.78, 5) is 48.8. The van der Waals surface area contributed by atoms with Gasteiger partial charge in [0.2, 0.25) is 11.8 Å². The number of carbonyl (C=O) groups is 4. The van der Waals surface area contributed by atoms with Crippen LogP contribution in [0.5, 0.6) is 0 Å². The Balaban J connectivity index is 1.82. The van der Waals surface area contributed by atoms with Crippen molar-refractivity contribution in [1.29, 1.82) is 0 Å². The van der Waals surface area contributed by atoms with Gasteiger partial charge in [-0.05, 0) is 36.6 Å². The summed E-state index contributed by atoms with van der Waals surface area (Å²) in [6.45, 7) is 5.33. The molecule has 136 valence electrons. The van der Waals surface area contributed by atoms with Crippen molar-refractivity contribution in [2.45, 2.75) is 33.6 Å². The second-order valence-corrected chi connectivity index (χ2v) is 7.69. The Hall–Kier alpha value is -2.76. The smallest absolute Gasteiger partial charge is 0.229 e. The summed E-state index contributed by atoms with van der Waals surface area (Å²) >= 11 is 0. The van der Waals surface area contributed by atoms with Gasteiger partial charge < -0.3 is 10.6 Å². The molecule has 6 nitrogen and oxygen atoms in total. The Morgan fingerprint density at radius 1 is 1.15 bits per heavy atom. The molecule has 1 aromatic rings. The lowest BCUT2D eigenvalue weighted by Gasteiger charge is -2.38. The number of hydrogen-bond donors (Lipinski definition) is 2. The van der Waals surface area contributed by atoms with Crippen molar-refractivity contribution in [1.82, 2.24) is 5.32 Å². The lowest BCUT2D eigenvalue weighted by molar-refractivity contribution is -0.136. The molecule has 2 N–H and O–H groups in total. The zero-order valence-corrected chi connectivity index (χ0v) is 15.1.